The van der Waals surface area contributed by atoms with Crippen molar-refractivity contribution in [2.24, 2.45) is 5.41 Å². The van der Waals surface area contributed by atoms with E-state index in [0.29, 0.717) is 25.3 Å². The Balaban J connectivity index is 0.000000858. The van der Waals surface area contributed by atoms with E-state index < -0.39 is 5.41 Å². The zero-order valence-corrected chi connectivity index (χ0v) is 18.0. The van der Waals surface area contributed by atoms with Gasteiger partial charge in [0.25, 0.3) is 12.4 Å². The molecule has 2 saturated heterocycles. The van der Waals surface area contributed by atoms with Crippen LogP contribution in [0.1, 0.15) is 55.4 Å². The first-order valence-electron chi connectivity index (χ1n) is 10.9. The van der Waals surface area contributed by atoms with Gasteiger partial charge in [0.2, 0.25) is 5.91 Å². The molecule has 10 nitrogen and oxygen atoms in total. The Morgan fingerprint density at radius 3 is 2.81 bits per heavy atom. The Morgan fingerprint density at radius 2 is 2.13 bits per heavy atom. The van der Waals surface area contributed by atoms with Crippen molar-refractivity contribution in [2.45, 2.75) is 51.0 Å². The second-order valence-corrected chi connectivity index (χ2v) is 8.54. The van der Waals surface area contributed by atoms with Gasteiger partial charge in [0, 0.05) is 19.6 Å². The summed E-state index contributed by atoms with van der Waals surface area (Å²) in [6, 6.07) is -0.135. The average Bonchev–Trinajstić information content (AvgIpc) is 3.33. The van der Waals surface area contributed by atoms with Crippen LogP contribution in [-0.2, 0) is 9.59 Å². The smallest absolute Gasteiger partial charge is 0.290 e. The summed E-state index contributed by atoms with van der Waals surface area (Å²) in [5, 5.41) is 20.4. The van der Waals surface area contributed by atoms with Crippen molar-refractivity contribution in [2.75, 3.05) is 33.2 Å². The van der Waals surface area contributed by atoms with Gasteiger partial charge in [-0.2, -0.15) is 15.4 Å². The van der Waals surface area contributed by atoms with Gasteiger partial charge in [-0.1, -0.05) is 11.6 Å². The van der Waals surface area contributed by atoms with Gasteiger partial charge in [-0.05, 0) is 58.5 Å². The van der Waals surface area contributed by atoms with Gasteiger partial charge in [-0.3, -0.25) is 14.4 Å². The second-order valence-electron chi connectivity index (χ2n) is 8.54. The van der Waals surface area contributed by atoms with Gasteiger partial charge in [0.05, 0.1) is 17.7 Å². The molecule has 1 aromatic heterocycles. The molecule has 2 amide bonds. The quantitative estimate of drug-likeness (QED) is 0.479. The number of allylic oxidation sites excluding steroid dienone is 1. The molecule has 0 unspecified atom stereocenters. The number of fused-ring (bicyclic) bond motifs is 1. The number of aromatic nitrogens is 3. The fraction of sp³-hybridized carbons (Fsp3) is 0.667. The van der Waals surface area contributed by atoms with Crippen LogP contribution in [0.4, 0.5) is 0 Å². The summed E-state index contributed by atoms with van der Waals surface area (Å²) in [6.07, 6.45) is 10.8. The van der Waals surface area contributed by atoms with Crippen molar-refractivity contribution in [3.8, 4) is 0 Å². The highest BCUT2D eigenvalue weighted by Crippen LogP contribution is 2.43. The van der Waals surface area contributed by atoms with Crippen LogP contribution in [0.3, 0.4) is 0 Å². The van der Waals surface area contributed by atoms with Crippen LogP contribution >= 0.6 is 0 Å². The van der Waals surface area contributed by atoms with Gasteiger partial charge in [0.15, 0.2) is 5.69 Å². The molecule has 4 rings (SSSR count). The number of nitrogens with zero attached hydrogens (tertiary/aromatic N) is 4. The molecule has 0 radical (unpaired) electrons. The molecule has 3 heterocycles. The number of H-pyrrole nitrogens is 1. The second kappa shape index (κ2) is 10.5. The van der Waals surface area contributed by atoms with Crippen molar-refractivity contribution >= 4 is 18.3 Å². The van der Waals surface area contributed by atoms with Crippen molar-refractivity contribution in [3.05, 3.63) is 23.5 Å². The molecule has 0 aromatic carbocycles. The van der Waals surface area contributed by atoms with E-state index in [-0.39, 0.29) is 24.3 Å². The lowest BCUT2D eigenvalue weighted by molar-refractivity contribution is -0.142. The van der Waals surface area contributed by atoms with E-state index >= 15 is 0 Å². The van der Waals surface area contributed by atoms with Crippen LogP contribution < -0.4 is 5.32 Å². The van der Waals surface area contributed by atoms with Crippen molar-refractivity contribution in [3.63, 3.8) is 0 Å². The fourth-order valence-electron chi connectivity index (χ4n) is 5.04. The molecular weight excluding hydrogens is 400 g/mol. The molecule has 2 fully saturated rings. The van der Waals surface area contributed by atoms with Crippen LogP contribution in [0.15, 0.2) is 17.8 Å². The Kier molecular flexibility index (Phi) is 7.78. The van der Waals surface area contributed by atoms with Gasteiger partial charge < -0.3 is 20.2 Å². The maximum Gasteiger partial charge on any atom is 0.290 e. The summed E-state index contributed by atoms with van der Waals surface area (Å²) in [7, 11) is 2.06. The number of amides is 2. The van der Waals surface area contributed by atoms with Gasteiger partial charge in [-0.25, -0.2) is 0 Å². The van der Waals surface area contributed by atoms with Crippen LogP contribution in [0, 0.1) is 5.41 Å². The topological polar surface area (TPSA) is 132 Å². The number of carboxylic acid groups (broad SMARTS) is 1. The van der Waals surface area contributed by atoms with Crippen molar-refractivity contribution < 1.29 is 19.5 Å². The minimum Gasteiger partial charge on any atom is -0.483 e. The SMILES string of the molecule is CN1CC[C@]2(C(=O)NCC3=CCCCC3)CCCN(C(=O)c3cn[nH]n3)[C@H]2C1.O=CO. The molecule has 1 aromatic rings. The zero-order chi connectivity index (χ0) is 22.3. The third-order valence-corrected chi connectivity index (χ3v) is 6.67. The minimum absolute atomic E-state index is 0.106. The summed E-state index contributed by atoms with van der Waals surface area (Å²) in [4.78, 5) is 38.9. The predicted molar refractivity (Wildman–Crippen MR) is 113 cm³/mol. The number of rotatable bonds is 4. The molecule has 0 spiro atoms. The average molecular weight is 433 g/mol. The summed E-state index contributed by atoms with van der Waals surface area (Å²) in [5.74, 6) is -0.0318. The number of carbonyl (C=O) groups excluding carboxylic acids is 2. The van der Waals surface area contributed by atoms with E-state index in [1.54, 1.807) is 0 Å². The van der Waals surface area contributed by atoms with Crippen LogP contribution in [0.25, 0.3) is 0 Å². The molecule has 170 valence electrons. The van der Waals surface area contributed by atoms with Gasteiger partial charge in [-0.15, -0.1) is 0 Å². The third kappa shape index (κ3) is 5.12. The monoisotopic (exact) mass is 432 g/mol. The lowest BCUT2D eigenvalue weighted by atomic mass is 9.67. The number of aromatic amines is 1. The first-order valence-corrected chi connectivity index (χ1v) is 10.9. The predicted octanol–water partition coefficient (Wildman–Crippen LogP) is 1.05. The molecule has 1 aliphatic carbocycles. The number of likely N-dealkylation sites (N-methyl/N-ethyl adjacent to an activating group) is 1. The molecular formula is C21H32N6O4. The van der Waals surface area contributed by atoms with Gasteiger partial charge >= 0.3 is 0 Å². The van der Waals surface area contributed by atoms with Crippen molar-refractivity contribution in [1.29, 1.82) is 0 Å². The summed E-state index contributed by atoms with van der Waals surface area (Å²) < 4.78 is 0. The maximum atomic E-state index is 13.4. The number of likely N-dealkylation sites (tertiary alicyclic amines) is 2. The Morgan fingerprint density at radius 1 is 1.32 bits per heavy atom. The summed E-state index contributed by atoms with van der Waals surface area (Å²) in [5.41, 5.74) is 1.14. The lowest BCUT2D eigenvalue weighted by Gasteiger charge is -2.53. The fourth-order valence-corrected chi connectivity index (χ4v) is 5.04. The van der Waals surface area contributed by atoms with E-state index in [9.17, 15) is 9.59 Å². The first kappa shape index (κ1) is 22.9. The van der Waals surface area contributed by atoms with Crippen molar-refractivity contribution in [1.82, 2.24) is 30.5 Å². The number of nitrogens with one attached hydrogen (secondary N) is 2. The number of piperidine rings is 2. The molecule has 0 bridgehead atoms. The van der Waals surface area contributed by atoms with E-state index in [2.05, 4.69) is 38.8 Å². The maximum absolute atomic E-state index is 13.4. The molecule has 0 saturated carbocycles. The van der Waals surface area contributed by atoms with Crippen LogP contribution in [0.2, 0.25) is 0 Å². The highest BCUT2D eigenvalue weighted by atomic mass is 16.3. The number of carbonyl (C=O) groups is 3. The standard InChI is InChI=1S/C20H30N6O2.CH2O2/c1-25-11-9-20(19(28)21-12-15-6-3-2-4-7-15)8-5-10-26(17(20)14-25)18(27)16-13-22-24-23-16;2-1-3/h6,13,17H,2-5,7-12,14H2,1H3,(H,21,28)(H,22,23,24);1H,(H,2,3)/t17-,20+;/m0./s1. The minimum atomic E-state index is -0.515. The summed E-state index contributed by atoms with van der Waals surface area (Å²) in [6.45, 7) is 2.63. The molecule has 3 aliphatic rings. The van der Waals surface area contributed by atoms with E-state index in [1.807, 2.05) is 4.90 Å². The highest BCUT2D eigenvalue weighted by Gasteiger charge is 2.53. The van der Waals surface area contributed by atoms with E-state index in [4.69, 9.17) is 9.90 Å². The number of hydrogen-bond donors (Lipinski definition) is 3. The molecule has 3 N–H and O–H groups in total. The van der Waals surface area contributed by atoms with Crippen LogP contribution in [-0.4, -0.2) is 87.9 Å². The normalized spacial score (nSPS) is 26.0. The van der Waals surface area contributed by atoms with Crippen LogP contribution in [0.5, 0.6) is 0 Å². The highest BCUT2D eigenvalue weighted by molar-refractivity contribution is 5.93. The Bertz CT molecular complexity index is 796. The largest absolute Gasteiger partial charge is 0.483 e. The third-order valence-electron chi connectivity index (χ3n) is 6.67. The molecule has 10 heteroatoms. The number of hydrogen-bond acceptors (Lipinski definition) is 6. The zero-order valence-electron chi connectivity index (χ0n) is 18.0. The Hall–Kier alpha value is -2.75. The van der Waals surface area contributed by atoms with E-state index in [1.165, 1.54) is 24.6 Å². The lowest BCUT2D eigenvalue weighted by Crippen LogP contribution is -2.66. The van der Waals surface area contributed by atoms with Gasteiger partial charge in [0.1, 0.15) is 0 Å². The Labute approximate surface area is 182 Å². The molecule has 2 aliphatic heterocycles. The summed E-state index contributed by atoms with van der Waals surface area (Å²) >= 11 is 0. The molecule has 31 heavy (non-hydrogen) atoms. The molecule has 2 atom stereocenters. The van der Waals surface area contributed by atoms with E-state index in [0.717, 1.165) is 38.6 Å². The first-order chi connectivity index (χ1) is 15.0.